The van der Waals surface area contributed by atoms with Crippen molar-refractivity contribution in [3.05, 3.63) is 95.8 Å². The Kier molecular flexibility index (Phi) is 7.59. The summed E-state index contributed by atoms with van der Waals surface area (Å²) in [4.78, 5) is 21.7. The van der Waals surface area contributed by atoms with Gasteiger partial charge in [-0.05, 0) is 35.7 Å². The number of nitrogens with zero attached hydrogens (tertiary/aromatic N) is 4. The van der Waals surface area contributed by atoms with Gasteiger partial charge >= 0.3 is 0 Å². The van der Waals surface area contributed by atoms with E-state index < -0.39 is 10.0 Å². The molecule has 3 aromatic rings. The number of benzene rings is 2. The fourth-order valence-electron chi connectivity index (χ4n) is 4.27. The first-order chi connectivity index (χ1) is 16.4. The number of para-hydroxylation sites is 1. The lowest BCUT2D eigenvalue weighted by Crippen LogP contribution is -2.38. The Balaban J connectivity index is 1.69. The molecule has 0 atom stereocenters. The van der Waals surface area contributed by atoms with Gasteiger partial charge in [0.25, 0.3) is 5.91 Å². The first kappa shape index (κ1) is 23.9. The zero-order valence-corrected chi connectivity index (χ0v) is 20.2. The van der Waals surface area contributed by atoms with Crippen LogP contribution in [0, 0.1) is 0 Å². The maximum Gasteiger partial charge on any atom is 0.272 e. The summed E-state index contributed by atoms with van der Waals surface area (Å²) in [5, 5.41) is 0. The molecular formula is C26H30N4O3S. The maximum absolute atomic E-state index is 13.4. The minimum absolute atomic E-state index is 0.166. The zero-order valence-electron chi connectivity index (χ0n) is 19.4. The van der Waals surface area contributed by atoms with Crippen LogP contribution in [0.15, 0.2) is 79.0 Å². The molecular weight excluding hydrogens is 448 g/mol. The lowest BCUT2D eigenvalue weighted by Gasteiger charge is -2.28. The van der Waals surface area contributed by atoms with Gasteiger partial charge in [-0.2, -0.15) is 0 Å². The number of anilines is 1. The van der Waals surface area contributed by atoms with Crippen LogP contribution in [-0.2, 0) is 23.1 Å². The van der Waals surface area contributed by atoms with Crippen LogP contribution in [0.2, 0.25) is 0 Å². The highest BCUT2D eigenvalue weighted by molar-refractivity contribution is 7.92. The zero-order chi connectivity index (χ0) is 24.0. The third-order valence-electron chi connectivity index (χ3n) is 5.96. The van der Waals surface area contributed by atoms with Crippen LogP contribution in [0.3, 0.4) is 0 Å². The molecule has 34 heavy (non-hydrogen) atoms. The van der Waals surface area contributed by atoms with Crippen LogP contribution >= 0.6 is 0 Å². The number of hydrogen-bond acceptors (Lipinski definition) is 5. The lowest BCUT2D eigenvalue weighted by molar-refractivity contribution is 0.0714. The molecule has 1 aliphatic rings. The number of rotatable bonds is 4. The van der Waals surface area contributed by atoms with Crippen molar-refractivity contribution in [1.29, 1.82) is 0 Å². The minimum Gasteiger partial charge on any atom is -0.332 e. The second kappa shape index (κ2) is 10.8. The second-order valence-electron chi connectivity index (χ2n) is 8.52. The Morgan fingerprint density at radius 3 is 2.35 bits per heavy atom. The predicted molar refractivity (Wildman–Crippen MR) is 134 cm³/mol. The molecule has 8 heteroatoms. The molecule has 2 aromatic carbocycles. The summed E-state index contributed by atoms with van der Waals surface area (Å²) in [7, 11) is -3.49. The lowest BCUT2D eigenvalue weighted by atomic mass is 10.1. The van der Waals surface area contributed by atoms with E-state index in [1.807, 2.05) is 42.5 Å². The Labute approximate surface area is 201 Å². The SMILES string of the molecule is CS(=O)(=O)N1CCCN(Cc2ccccc2)CCN(C(=O)c2ccccn2)Cc2ccccc21. The van der Waals surface area contributed by atoms with Crippen LogP contribution in [0.5, 0.6) is 0 Å². The molecule has 1 amide bonds. The fraction of sp³-hybridized carbons (Fsp3) is 0.308. The monoisotopic (exact) mass is 478 g/mol. The molecule has 7 nitrogen and oxygen atoms in total. The quantitative estimate of drug-likeness (QED) is 0.575. The van der Waals surface area contributed by atoms with Gasteiger partial charge in [0.2, 0.25) is 10.0 Å². The molecule has 0 N–H and O–H groups in total. The minimum atomic E-state index is -3.49. The van der Waals surface area contributed by atoms with Gasteiger partial charge in [-0.25, -0.2) is 8.42 Å². The van der Waals surface area contributed by atoms with Crippen molar-refractivity contribution < 1.29 is 13.2 Å². The molecule has 0 bridgehead atoms. The summed E-state index contributed by atoms with van der Waals surface area (Å²) < 4.78 is 26.9. The van der Waals surface area contributed by atoms with E-state index in [2.05, 4.69) is 22.0 Å². The molecule has 0 unspecified atom stereocenters. The van der Waals surface area contributed by atoms with Crippen LogP contribution < -0.4 is 4.31 Å². The standard InChI is InChI=1S/C26H30N4O3S/c1-34(32,33)30-17-9-16-28(20-22-10-3-2-4-11-22)18-19-29(21-23-12-5-6-14-25(23)30)26(31)24-13-7-8-15-27-24/h2-8,10-15H,9,16-21H2,1H3. The molecule has 0 saturated carbocycles. The van der Waals surface area contributed by atoms with Gasteiger partial charge < -0.3 is 4.90 Å². The molecule has 0 spiro atoms. The second-order valence-corrected chi connectivity index (χ2v) is 10.4. The Hall–Kier alpha value is -3.23. The number of fused-ring (bicyclic) bond motifs is 1. The van der Waals surface area contributed by atoms with E-state index in [1.165, 1.54) is 16.1 Å². The van der Waals surface area contributed by atoms with E-state index in [0.29, 0.717) is 50.5 Å². The largest absolute Gasteiger partial charge is 0.332 e. The van der Waals surface area contributed by atoms with Crippen molar-refractivity contribution in [2.75, 3.05) is 36.7 Å². The van der Waals surface area contributed by atoms with E-state index in [0.717, 1.165) is 12.1 Å². The van der Waals surface area contributed by atoms with E-state index in [-0.39, 0.29) is 5.91 Å². The summed E-state index contributed by atoms with van der Waals surface area (Å²) in [5.74, 6) is -0.166. The van der Waals surface area contributed by atoms with E-state index >= 15 is 0 Å². The van der Waals surface area contributed by atoms with Crippen molar-refractivity contribution in [2.45, 2.75) is 19.5 Å². The predicted octanol–water partition coefficient (Wildman–Crippen LogP) is 3.40. The van der Waals surface area contributed by atoms with Gasteiger partial charge in [-0.15, -0.1) is 0 Å². The summed E-state index contributed by atoms with van der Waals surface area (Å²) >= 11 is 0. The highest BCUT2D eigenvalue weighted by Crippen LogP contribution is 2.26. The Morgan fingerprint density at radius 2 is 1.62 bits per heavy atom. The number of hydrogen-bond donors (Lipinski definition) is 0. The normalized spacial score (nSPS) is 15.9. The number of pyridine rings is 1. The van der Waals surface area contributed by atoms with E-state index in [9.17, 15) is 13.2 Å². The fourth-order valence-corrected chi connectivity index (χ4v) is 5.27. The van der Waals surface area contributed by atoms with Crippen molar-refractivity contribution in [3.63, 3.8) is 0 Å². The van der Waals surface area contributed by atoms with Crippen molar-refractivity contribution in [2.24, 2.45) is 0 Å². The highest BCUT2D eigenvalue weighted by atomic mass is 32.2. The van der Waals surface area contributed by atoms with Crippen LogP contribution in [0.4, 0.5) is 5.69 Å². The van der Waals surface area contributed by atoms with Gasteiger partial charge in [0.05, 0.1) is 11.9 Å². The van der Waals surface area contributed by atoms with Crippen molar-refractivity contribution >= 4 is 21.6 Å². The Bertz CT molecular complexity index is 1200. The molecule has 1 aromatic heterocycles. The topological polar surface area (TPSA) is 73.8 Å². The maximum atomic E-state index is 13.4. The average Bonchev–Trinajstić information content (AvgIpc) is 2.87. The van der Waals surface area contributed by atoms with Crippen LogP contribution in [0.25, 0.3) is 0 Å². The third kappa shape index (κ3) is 6.01. The molecule has 4 rings (SSSR count). The summed E-state index contributed by atoms with van der Waals surface area (Å²) in [6.45, 7) is 3.32. The summed E-state index contributed by atoms with van der Waals surface area (Å²) in [6, 6.07) is 22.9. The van der Waals surface area contributed by atoms with Gasteiger partial charge in [-0.3, -0.25) is 19.0 Å². The smallest absolute Gasteiger partial charge is 0.272 e. The number of carbonyl (C=O) groups excluding carboxylic acids is 1. The highest BCUT2D eigenvalue weighted by Gasteiger charge is 2.25. The molecule has 2 heterocycles. The van der Waals surface area contributed by atoms with E-state index in [4.69, 9.17) is 0 Å². The van der Waals surface area contributed by atoms with Gasteiger partial charge in [0.1, 0.15) is 5.69 Å². The number of carbonyl (C=O) groups is 1. The molecule has 0 saturated heterocycles. The van der Waals surface area contributed by atoms with Gasteiger partial charge in [-0.1, -0.05) is 54.6 Å². The molecule has 0 radical (unpaired) electrons. The number of amides is 1. The Morgan fingerprint density at radius 1 is 0.882 bits per heavy atom. The first-order valence-electron chi connectivity index (χ1n) is 11.4. The summed E-state index contributed by atoms with van der Waals surface area (Å²) in [6.07, 6.45) is 3.53. The van der Waals surface area contributed by atoms with Crippen LogP contribution in [0.1, 0.15) is 28.0 Å². The molecule has 0 fully saturated rings. The summed E-state index contributed by atoms with van der Waals surface area (Å²) in [5.41, 5.74) is 2.99. The number of aromatic nitrogens is 1. The van der Waals surface area contributed by atoms with Crippen molar-refractivity contribution in [3.8, 4) is 0 Å². The molecule has 1 aliphatic heterocycles. The van der Waals surface area contributed by atoms with Crippen LogP contribution in [-0.4, -0.2) is 61.5 Å². The third-order valence-corrected chi connectivity index (χ3v) is 7.14. The molecule has 178 valence electrons. The van der Waals surface area contributed by atoms with E-state index in [1.54, 1.807) is 29.3 Å². The molecule has 0 aliphatic carbocycles. The van der Waals surface area contributed by atoms with Crippen molar-refractivity contribution in [1.82, 2.24) is 14.8 Å². The first-order valence-corrected chi connectivity index (χ1v) is 13.3. The average molecular weight is 479 g/mol. The van der Waals surface area contributed by atoms with Gasteiger partial charge in [0.15, 0.2) is 0 Å². The van der Waals surface area contributed by atoms with Gasteiger partial charge in [0, 0.05) is 45.5 Å². The number of sulfonamides is 1.